The fraction of sp³-hybridized carbons (Fsp3) is 0.882. The molecule has 0 aromatic carbocycles. The second kappa shape index (κ2) is 11.6. The van der Waals surface area contributed by atoms with Crippen LogP contribution in [0.15, 0.2) is 0 Å². The van der Waals surface area contributed by atoms with Crippen LogP contribution in [0, 0.1) is 20.2 Å². The lowest BCUT2D eigenvalue weighted by atomic mass is 9.95. The van der Waals surface area contributed by atoms with E-state index in [1.807, 2.05) is 0 Å². The van der Waals surface area contributed by atoms with Crippen LogP contribution in [0.25, 0.3) is 0 Å². The molecule has 4 N–H and O–H groups in total. The number of hydrogen-bond donors (Lipinski definition) is 4. The minimum atomic E-state index is -1.93. The van der Waals surface area contributed by atoms with Crippen LogP contribution < -0.4 is 21.3 Å². The van der Waals surface area contributed by atoms with Crippen LogP contribution in [0.5, 0.6) is 0 Å². The van der Waals surface area contributed by atoms with Crippen molar-refractivity contribution in [3.63, 3.8) is 0 Å². The van der Waals surface area contributed by atoms with Gasteiger partial charge in [0.1, 0.15) is 0 Å². The number of amides is 2. The molecular formula is C17H30N6O8. The first kappa shape index (κ1) is 24.5. The highest BCUT2D eigenvalue weighted by Gasteiger charge is 2.40. The largest absolute Gasteiger partial charge is 0.351 e. The molecule has 14 nitrogen and oxygen atoms in total. The maximum absolute atomic E-state index is 12.7. The summed E-state index contributed by atoms with van der Waals surface area (Å²) >= 11 is 0. The van der Waals surface area contributed by atoms with Gasteiger partial charge in [-0.3, -0.25) is 14.4 Å². The Hall–Kier alpha value is -2.74. The third-order valence-corrected chi connectivity index (χ3v) is 5.51. The van der Waals surface area contributed by atoms with Crippen molar-refractivity contribution in [3.05, 3.63) is 20.2 Å². The van der Waals surface area contributed by atoms with Gasteiger partial charge in [0.05, 0.1) is 0 Å². The molecule has 2 heterocycles. The van der Waals surface area contributed by atoms with Crippen molar-refractivity contribution < 1.29 is 29.4 Å². The Morgan fingerprint density at radius 2 is 1.52 bits per heavy atom. The monoisotopic (exact) mass is 446 g/mol. The molecule has 2 unspecified atom stereocenters. The van der Waals surface area contributed by atoms with Crippen molar-refractivity contribution in [2.24, 2.45) is 0 Å². The summed E-state index contributed by atoms with van der Waals surface area (Å²) in [6.07, 6.45) is 0.476. The van der Waals surface area contributed by atoms with E-state index in [4.69, 9.17) is 0 Å². The molecule has 0 aromatic rings. The van der Waals surface area contributed by atoms with Crippen LogP contribution in [-0.2, 0) is 19.3 Å². The van der Waals surface area contributed by atoms with Gasteiger partial charge in [0.15, 0.2) is 11.7 Å². The molecule has 14 heteroatoms. The maximum atomic E-state index is 12.7. The maximum Gasteiger partial charge on any atom is 0.295 e. The second-order valence-corrected chi connectivity index (χ2v) is 7.93. The van der Waals surface area contributed by atoms with E-state index in [1.54, 1.807) is 0 Å². The normalized spacial score (nSPS) is 20.7. The minimum absolute atomic E-state index is 0.156. The van der Waals surface area contributed by atoms with E-state index in [0.717, 1.165) is 0 Å². The number of nitrogens with zero attached hydrogens (tertiary/aromatic N) is 2. The first-order valence-electron chi connectivity index (χ1n) is 10.4. The Kier molecular flexibility index (Phi) is 9.18. The lowest BCUT2D eigenvalue weighted by molar-refractivity contribution is -0.776. The van der Waals surface area contributed by atoms with E-state index in [-0.39, 0.29) is 24.9 Å². The van der Waals surface area contributed by atoms with Crippen LogP contribution in [0.4, 0.5) is 0 Å². The van der Waals surface area contributed by atoms with Crippen molar-refractivity contribution in [2.75, 3.05) is 26.2 Å². The van der Waals surface area contributed by atoms with Crippen molar-refractivity contribution >= 4 is 11.8 Å². The zero-order valence-corrected chi connectivity index (χ0v) is 17.5. The molecule has 0 radical (unpaired) electrons. The van der Waals surface area contributed by atoms with Crippen LogP contribution in [0.3, 0.4) is 0 Å². The van der Waals surface area contributed by atoms with Crippen LogP contribution in [0.2, 0.25) is 0 Å². The Bertz CT molecular complexity index is 653. The fourth-order valence-corrected chi connectivity index (χ4v) is 3.67. The molecule has 2 amide bonds. The van der Waals surface area contributed by atoms with Gasteiger partial charge in [-0.2, -0.15) is 0 Å². The third-order valence-electron chi connectivity index (χ3n) is 5.51. The summed E-state index contributed by atoms with van der Waals surface area (Å²) in [5.74, 6) is -1.42. The number of carbonyl (C=O) groups excluding carboxylic acids is 2. The molecule has 2 aliphatic heterocycles. The number of rotatable bonds is 11. The summed E-state index contributed by atoms with van der Waals surface area (Å²) < 4.78 is 0. The second-order valence-electron chi connectivity index (χ2n) is 7.93. The molecule has 0 saturated carbocycles. The highest BCUT2D eigenvalue weighted by atomic mass is 17.0. The third kappa shape index (κ3) is 8.13. The molecule has 2 aliphatic rings. The summed E-state index contributed by atoms with van der Waals surface area (Å²) in [6, 6.07) is -0.325. The minimum Gasteiger partial charge on any atom is -0.351 e. The van der Waals surface area contributed by atoms with Gasteiger partial charge >= 0.3 is 0 Å². The van der Waals surface area contributed by atoms with Crippen LogP contribution in [0.1, 0.15) is 45.4 Å². The number of carbonyl (C=O) groups is 2. The van der Waals surface area contributed by atoms with Crippen molar-refractivity contribution in [1.82, 2.24) is 21.3 Å². The average Bonchev–Trinajstić information content (AvgIpc) is 2.71. The molecule has 0 spiro atoms. The summed E-state index contributed by atoms with van der Waals surface area (Å²) in [5, 5.41) is 31.4. The van der Waals surface area contributed by atoms with E-state index in [9.17, 15) is 29.8 Å². The smallest absolute Gasteiger partial charge is 0.295 e. The van der Waals surface area contributed by atoms with Gasteiger partial charge in [0.25, 0.3) is 16.1 Å². The van der Waals surface area contributed by atoms with Crippen molar-refractivity contribution in [3.8, 4) is 0 Å². The fourth-order valence-electron chi connectivity index (χ4n) is 3.67. The van der Waals surface area contributed by atoms with Crippen molar-refractivity contribution in [1.29, 1.82) is 0 Å². The quantitative estimate of drug-likeness (QED) is 0.227. The average molecular weight is 446 g/mol. The summed E-state index contributed by atoms with van der Waals surface area (Å²) in [5.41, 5.74) is -1.93. The molecule has 2 rings (SSSR count). The Labute approximate surface area is 179 Å². The molecule has 0 bridgehead atoms. The lowest BCUT2D eigenvalue weighted by Gasteiger charge is -2.31. The molecule has 0 aliphatic carbocycles. The Morgan fingerprint density at radius 3 is 2.00 bits per heavy atom. The lowest BCUT2D eigenvalue weighted by Crippen LogP contribution is -2.54. The van der Waals surface area contributed by atoms with Gasteiger partial charge in [-0.05, 0) is 71.6 Å². The number of piperidine rings is 2. The van der Waals surface area contributed by atoms with E-state index in [1.165, 1.54) is 6.92 Å². The predicted octanol–water partition coefficient (Wildman–Crippen LogP) is -0.953. The standard InChI is InChI=1S/C17H30N6O8/c1-17(31-23(28)29,16(25)21-13-5-10-19-11-6-13)7-2-14(30-22(26)27)15(24)20-12-3-8-18-9-4-12/h12-14,18-19H,2-11H2,1H3,(H,20,24)(H,21,25). The summed E-state index contributed by atoms with van der Waals surface area (Å²) in [6.45, 7) is 4.04. The first-order chi connectivity index (χ1) is 14.7. The Balaban J connectivity index is 2.02. The SMILES string of the molecule is CC(CCC(O[N+](=O)[O-])C(=O)NC1CCNCC1)(O[N+](=O)[O-])C(=O)NC1CCNCC1. The molecule has 2 fully saturated rings. The van der Waals surface area contributed by atoms with Gasteiger partial charge in [-0.15, -0.1) is 20.2 Å². The highest BCUT2D eigenvalue weighted by Crippen LogP contribution is 2.22. The molecular weight excluding hydrogens is 416 g/mol. The number of nitrogens with one attached hydrogen (secondary N) is 4. The summed E-state index contributed by atoms with van der Waals surface area (Å²) in [7, 11) is 0. The van der Waals surface area contributed by atoms with Gasteiger partial charge in [0, 0.05) is 12.1 Å². The van der Waals surface area contributed by atoms with Gasteiger partial charge in [-0.1, -0.05) is 0 Å². The van der Waals surface area contributed by atoms with Gasteiger partial charge in [-0.25, -0.2) is 0 Å². The van der Waals surface area contributed by atoms with E-state index >= 15 is 0 Å². The van der Waals surface area contributed by atoms with Gasteiger partial charge in [0.2, 0.25) is 5.91 Å². The molecule has 0 aromatic heterocycles. The first-order valence-corrected chi connectivity index (χ1v) is 10.4. The topological polar surface area (TPSA) is 187 Å². The molecule has 176 valence electrons. The van der Waals surface area contributed by atoms with Gasteiger partial charge < -0.3 is 26.1 Å². The van der Waals surface area contributed by atoms with E-state index < -0.39 is 33.7 Å². The Morgan fingerprint density at radius 1 is 1.00 bits per heavy atom. The zero-order valence-electron chi connectivity index (χ0n) is 17.5. The number of hydrogen-bond acceptors (Lipinski definition) is 10. The van der Waals surface area contributed by atoms with Crippen LogP contribution >= 0.6 is 0 Å². The van der Waals surface area contributed by atoms with E-state index in [0.29, 0.717) is 51.9 Å². The van der Waals surface area contributed by atoms with Crippen LogP contribution in [-0.4, -0.2) is 72.0 Å². The highest BCUT2D eigenvalue weighted by molar-refractivity contribution is 5.85. The molecule has 2 saturated heterocycles. The molecule has 31 heavy (non-hydrogen) atoms. The van der Waals surface area contributed by atoms with E-state index in [2.05, 4.69) is 30.9 Å². The van der Waals surface area contributed by atoms with Crippen molar-refractivity contribution in [2.45, 2.75) is 69.2 Å². The predicted molar refractivity (Wildman–Crippen MR) is 106 cm³/mol. The summed E-state index contributed by atoms with van der Waals surface area (Å²) in [4.78, 5) is 56.3. The molecule has 2 atom stereocenters. The zero-order chi connectivity index (χ0) is 22.9.